The molecule has 41 heavy (non-hydrogen) atoms. The minimum Gasteiger partial charge on any atom is -0.342 e. The predicted octanol–water partition coefficient (Wildman–Crippen LogP) is 3.18. The second-order valence-electron chi connectivity index (χ2n) is 12.4. The lowest BCUT2D eigenvalue weighted by atomic mass is 9.76. The summed E-state index contributed by atoms with van der Waals surface area (Å²) in [6.45, 7) is 11.8. The van der Waals surface area contributed by atoms with Crippen LogP contribution in [0.3, 0.4) is 0 Å². The maximum Gasteiger partial charge on any atom is 0.260 e. The number of nitrogens with one attached hydrogen (secondary N) is 3. The molecule has 3 atom stereocenters. The quantitative estimate of drug-likeness (QED) is 0.214. The van der Waals surface area contributed by atoms with Crippen molar-refractivity contribution in [3.63, 3.8) is 0 Å². The molecule has 0 saturated carbocycles. The number of amides is 3. The fraction of sp³-hybridized carbons (Fsp3) is 0.633. The molecule has 1 aliphatic rings. The van der Waals surface area contributed by atoms with Gasteiger partial charge in [0.2, 0.25) is 21.8 Å². The summed E-state index contributed by atoms with van der Waals surface area (Å²) >= 11 is 4.03. The molecule has 0 aliphatic carbocycles. The van der Waals surface area contributed by atoms with Gasteiger partial charge in [-0.1, -0.05) is 71.0 Å². The van der Waals surface area contributed by atoms with Crippen molar-refractivity contribution in [2.45, 2.75) is 90.8 Å². The fourth-order valence-electron chi connectivity index (χ4n) is 5.19. The number of sulfonamides is 1. The summed E-state index contributed by atoms with van der Waals surface area (Å²) in [4.78, 5) is 42.2. The summed E-state index contributed by atoms with van der Waals surface area (Å²) < 4.78 is 26.5. The number of hydrogen-bond donors (Lipinski definition) is 4. The molecule has 1 aromatic rings. The van der Waals surface area contributed by atoms with E-state index in [1.165, 1.54) is 0 Å². The van der Waals surface area contributed by atoms with Crippen LogP contribution in [0.5, 0.6) is 0 Å². The lowest BCUT2D eigenvalue weighted by Gasteiger charge is -2.41. The molecule has 11 heteroatoms. The van der Waals surface area contributed by atoms with Crippen molar-refractivity contribution >= 4 is 40.4 Å². The maximum absolute atomic E-state index is 14.1. The molecular weight excluding hydrogens is 560 g/mol. The molecule has 1 aliphatic heterocycles. The Morgan fingerprint density at radius 2 is 1.71 bits per heavy atom. The van der Waals surface area contributed by atoms with Gasteiger partial charge in [0.1, 0.15) is 6.04 Å². The van der Waals surface area contributed by atoms with Crippen molar-refractivity contribution in [3.8, 4) is 0 Å². The van der Waals surface area contributed by atoms with E-state index in [4.69, 9.17) is 0 Å². The normalized spacial score (nSPS) is 18.4. The van der Waals surface area contributed by atoms with Crippen molar-refractivity contribution in [2.24, 2.45) is 5.41 Å². The number of hydrogen-bond acceptors (Lipinski definition) is 7. The number of piperidine rings is 1. The van der Waals surface area contributed by atoms with Crippen LogP contribution in [0.15, 0.2) is 42.0 Å². The van der Waals surface area contributed by atoms with E-state index in [-0.39, 0.29) is 23.1 Å². The third-order valence-electron chi connectivity index (χ3n) is 7.64. The smallest absolute Gasteiger partial charge is 0.260 e. The van der Waals surface area contributed by atoms with Crippen LogP contribution in [-0.4, -0.2) is 74.3 Å². The van der Waals surface area contributed by atoms with E-state index >= 15 is 0 Å². The van der Waals surface area contributed by atoms with Gasteiger partial charge in [0, 0.05) is 17.5 Å². The lowest BCUT2D eigenvalue weighted by molar-refractivity contribution is -0.142. The molecule has 2 rings (SSSR count). The van der Waals surface area contributed by atoms with Gasteiger partial charge in [-0.25, -0.2) is 13.1 Å². The van der Waals surface area contributed by atoms with Gasteiger partial charge in [0.05, 0.1) is 17.8 Å². The van der Waals surface area contributed by atoms with Crippen molar-refractivity contribution in [1.82, 2.24) is 20.3 Å². The summed E-state index contributed by atoms with van der Waals surface area (Å²) in [5.74, 6) is -1.00. The molecule has 1 aromatic carbocycles. The van der Waals surface area contributed by atoms with Crippen LogP contribution >= 0.6 is 12.6 Å². The number of carbonyl (C=O) groups excluding carboxylic acids is 3. The first kappa shape index (κ1) is 34.8. The second kappa shape index (κ2) is 14.7. The number of benzene rings is 1. The number of carbonyl (C=O) groups is 3. The summed E-state index contributed by atoms with van der Waals surface area (Å²) in [5.41, 5.74) is 0.0666. The molecule has 2 unspecified atom stereocenters. The minimum absolute atomic E-state index is 0.189. The zero-order valence-corrected chi connectivity index (χ0v) is 27.2. The average Bonchev–Trinajstić information content (AvgIpc) is 2.90. The number of likely N-dealkylation sites (tertiary alicyclic amines) is 1. The van der Waals surface area contributed by atoms with E-state index in [0.29, 0.717) is 25.1 Å². The third-order valence-corrected chi connectivity index (χ3v) is 9.28. The number of likely N-dealkylation sites (N-methyl/N-ethyl adjacent to an activating group) is 1. The zero-order valence-electron chi connectivity index (χ0n) is 25.5. The molecule has 0 bridgehead atoms. The van der Waals surface area contributed by atoms with E-state index in [1.807, 2.05) is 65.0 Å². The monoisotopic (exact) mass is 608 g/mol. The van der Waals surface area contributed by atoms with E-state index in [1.54, 1.807) is 24.9 Å². The lowest BCUT2D eigenvalue weighted by Crippen LogP contribution is -2.62. The van der Waals surface area contributed by atoms with Gasteiger partial charge in [-0.2, -0.15) is 12.6 Å². The first-order valence-electron chi connectivity index (χ1n) is 14.2. The molecule has 0 spiro atoms. The molecule has 9 nitrogen and oxygen atoms in total. The summed E-state index contributed by atoms with van der Waals surface area (Å²) in [5, 5.41) is 6.20. The van der Waals surface area contributed by atoms with E-state index < -0.39 is 44.9 Å². The Bertz CT molecular complexity index is 1190. The van der Waals surface area contributed by atoms with E-state index in [0.717, 1.165) is 18.4 Å². The maximum atomic E-state index is 14.1. The first-order chi connectivity index (χ1) is 19.0. The number of thiol groups is 1. The van der Waals surface area contributed by atoms with Crippen LogP contribution in [-0.2, 0) is 29.8 Å². The first-order valence-corrected chi connectivity index (χ1v) is 16.5. The van der Waals surface area contributed by atoms with Crippen LogP contribution < -0.4 is 15.4 Å². The largest absolute Gasteiger partial charge is 0.342 e. The van der Waals surface area contributed by atoms with Crippen LogP contribution in [0.25, 0.3) is 0 Å². The van der Waals surface area contributed by atoms with Gasteiger partial charge in [-0.15, -0.1) is 0 Å². The van der Waals surface area contributed by atoms with Crippen molar-refractivity contribution in [3.05, 3.63) is 47.5 Å². The molecule has 0 aromatic heterocycles. The molecule has 0 radical (unpaired) electrons. The van der Waals surface area contributed by atoms with E-state index in [9.17, 15) is 22.8 Å². The SMILES string of the molecule is CN[C@H](C(=O)NC(C(=O)N1CCCCC1/C=C(\C)C(=O)NS(=O)(=O)CCCS)C(C)(C)C)C(C)(C)c1ccccc1. The zero-order chi connectivity index (χ0) is 31.0. The fourth-order valence-corrected chi connectivity index (χ4v) is 6.63. The molecular formula is C30H48N4O5S2. The highest BCUT2D eigenvalue weighted by Crippen LogP contribution is 2.30. The van der Waals surface area contributed by atoms with Crippen LogP contribution in [0.4, 0.5) is 0 Å². The predicted molar refractivity (Wildman–Crippen MR) is 167 cm³/mol. The third kappa shape index (κ3) is 9.58. The Morgan fingerprint density at radius 3 is 2.27 bits per heavy atom. The second-order valence-corrected chi connectivity index (χ2v) is 14.7. The standard InChI is InChI=1S/C30H48N4O5S2/c1-21(26(35)33-41(38,39)19-13-18-40)20-23-16-11-12-17-34(23)28(37)25(29(2,3)4)32-27(36)24(31-7)30(5,6)22-14-9-8-10-15-22/h8-10,14-15,20,23-25,31,40H,11-13,16-19H2,1-7H3,(H,32,36)(H,33,35)/b21-20+/t23?,24-,25?/m1/s1. The van der Waals surface area contributed by atoms with Gasteiger partial charge >= 0.3 is 0 Å². The topological polar surface area (TPSA) is 125 Å². The minimum atomic E-state index is -3.77. The summed E-state index contributed by atoms with van der Waals surface area (Å²) in [6.07, 6.45) is 4.28. The highest BCUT2D eigenvalue weighted by molar-refractivity contribution is 7.90. The van der Waals surface area contributed by atoms with Crippen LogP contribution in [0, 0.1) is 5.41 Å². The molecule has 1 fully saturated rings. The van der Waals surface area contributed by atoms with Gasteiger partial charge in [0.25, 0.3) is 5.91 Å². The number of rotatable bonds is 12. The molecule has 1 heterocycles. The van der Waals surface area contributed by atoms with Crippen molar-refractivity contribution < 1.29 is 22.8 Å². The highest BCUT2D eigenvalue weighted by Gasteiger charge is 2.42. The van der Waals surface area contributed by atoms with Crippen LogP contribution in [0.1, 0.15) is 72.8 Å². The molecule has 3 amide bonds. The Balaban J connectivity index is 2.29. The van der Waals surface area contributed by atoms with Gasteiger partial charge in [-0.05, 0) is 56.4 Å². The van der Waals surface area contributed by atoms with E-state index in [2.05, 4.69) is 28.0 Å². The Labute approximate surface area is 251 Å². The van der Waals surface area contributed by atoms with Gasteiger partial charge in [-0.3, -0.25) is 14.4 Å². The Morgan fingerprint density at radius 1 is 1.07 bits per heavy atom. The number of nitrogens with zero attached hydrogens (tertiary/aromatic N) is 1. The van der Waals surface area contributed by atoms with Gasteiger partial charge < -0.3 is 15.5 Å². The molecule has 230 valence electrons. The summed E-state index contributed by atoms with van der Waals surface area (Å²) in [7, 11) is -2.03. The Kier molecular flexibility index (Phi) is 12.5. The summed E-state index contributed by atoms with van der Waals surface area (Å²) in [6, 6.07) is 7.96. The van der Waals surface area contributed by atoms with Crippen molar-refractivity contribution in [2.75, 3.05) is 25.1 Å². The highest BCUT2D eigenvalue weighted by atomic mass is 32.2. The Hall–Kier alpha value is -2.37. The average molecular weight is 609 g/mol. The molecule has 1 saturated heterocycles. The van der Waals surface area contributed by atoms with Gasteiger partial charge in [0.15, 0.2) is 0 Å². The molecule has 3 N–H and O–H groups in total. The van der Waals surface area contributed by atoms with Crippen LogP contribution in [0.2, 0.25) is 0 Å². The van der Waals surface area contributed by atoms with Crippen molar-refractivity contribution in [1.29, 1.82) is 0 Å².